The van der Waals surface area contributed by atoms with Gasteiger partial charge in [-0.3, -0.25) is 4.79 Å². The molecule has 1 aromatic carbocycles. The SMILES string of the molecule is CCOc1ccc(/C=N/OC[C@H](C)C(=O)OC)cc1. The van der Waals surface area contributed by atoms with E-state index >= 15 is 0 Å². The topological polar surface area (TPSA) is 57.1 Å². The van der Waals surface area contributed by atoms with Gasteiger partial charge in [0.2, 0.25) is 0 Å². The van der Waals surface area contributed by atoms with Gasteiger partial charge in [-0.1, -0.05) is 5.16 Å². The molecule has 104 valence electrons. The van der Waals surface area contributed by atoms with Crippen molar-refractivity contribution in [2.45, 2.75) is 13.8 Å². The highest BCUT2D eigenvalue weighted by Gasteiger charge is 2.12. The molecule has 0 saturated heterocycles. The van der Waals surface area contributed by atoms with E-state index in [-0.39, 0.29) is 18.5 Å². The van der Waals surface area contributed by atoms with Crippen LogP contribution >= 0.6 is 0 Å². The molecule has 0 aliphatic rings. The van der Waals surface area contributed by atoms with E-state index in [0.717, 1.165) is 11.3 Å². The second-order valence-electron chi connectivity index (χ2n) is 3.96. The van der Waals surface area contributed by atoms with Crippen LogP contribution < -0.4 is 4.74 Å². The third-order valence-electron chi connectivity index (χ3n) is 2.40. The average Bonchev–Trinajstić information content (AvgIpc) is 2.44. The van der Waals surface area contributed by atoms with Gasteiger partial charge < -0.3 is 14.3 Å². The summed E-state index contributed by atoms with van der Waals surface area (Å²) in [5.41, 5.74) is 0.897. The number of esters is 1. The fourth-order valence-electron chi connectivity index (χ4n) is 1.34. The zero-order valence-electron chi connectivity index (χ0n) is 11.5. The van der Waals surface area contributed by atoms with Gasteiger partial charge in [-0.15, -0.1) is 0 Å². The molecule has 1 aromatic rings. The first kappa shape index (κ1) is 15.0. The second kappa shape index (κ2) is 8.13. The Morgan fingerprint density at radius 1 is 1.37 bits per heavy atom. The van der Waals surface area contributed by atoms with Crippen molar-refractivity contribution in [3.8, 4) is 5.75 Å². The number of benzene rings is 1. The molecule has 0 saturated carbocycles. The van der Waals surface area contributed by atoms with Gasteiger partial charge in [-0.2, -0.15) is 0 Å². The van der Waals surface area contributed by atoms with Crippen LogP contribution in [0.25, 0.3) is 0 Å². The van der Waals surface area contributed by atoms with E-state index in [1.165, 1.54) is 7.11 Å². The third-order valence-corrected chi connectivity index (χ3v) is 2.40. The van der Waals surface area contributed by atoms with E-state index in [2.05, 4.69) is 9.89 Å². The third kappa shape index (κ3) is 5.42. The lowest BCUT2D eigenvalue weighted by Gasteiger charge is -2.06. The Kier molecular flexibility index (Phi) is 6.43. The van der Waals surface area contributed by atoms with Crippen molar-refractivity contribution >= 4 is 12.2 Å². The summed E-state index contributed by atoms with van der Waals surface area (Å²) < 4.78 is 9.91. The standard InChI is InChI=1S/C14H19NO4/c1-4-18-13-7-5-12(6-8-13)9-15-19-10-11(2)14(16)17-3/h5-9,11H,4,10H2,1-3H3/b15-9+/t11-/m0/s1. The molecule has 0 aliphatic carbocycles. The van der Waals surface area contributed by atoms with Crippen LogP contribution in [0.3, 0.4) is 0 Å². The van der Waals surface area contributed by atoms with Crippen LogP contribution in [0.15, 0.2) is 29.4 Å². The zero-order valence-corrected chi connectivity index (χ0v) is 11.5. The van der Waals surface area contributed by atoms with Gasteiger partial charge in [0.05, 0.1) is 25.8 Å². The average molecular weight is 265 g/mol. The maximum atomic E-state index is 11.1. The summed E-state index contributed by atoms with van der Waals surface area (Å²) >= 11 is 0. The van der Waals surface area contributed by atoms with Gasteiger partial charge in [0.1, 0.15) is 12.4 Å². The minimum Gasteiger partial charge on any atom is -0.494 e. The lowest BCUT2D eigenvalue weighted by molar-refractivity contribution is -0.146. The van der Waals surface area contributed by atoms with Crippen LogP contribution in [-0.4, -0.2) is 32.5 Å². The predicted molar refractivity (Wildman–Crippen MR) is 72.3 cm³/mol. The molecule has 0 spiro atoms. The monoisotopic (exact) mass is 265 g/mol. The first-order chi connectivity index (χ1) is 9.17. The maximum absolute atomic E-state index is 11.1. The second-order valence-corrected chi connectivity index (χ2v) is 3.96. The van der Waals surface area contributed by atoms with Gasteiger partial charge in [0.15, 0.2) is 0 Å². The van der Waals surface area contributed by atoms with Crippen molar-refractivity contribution in [2.24, 2.45) is 11.1 Å². The van der Waals surface area contributed by atoms with Crippen molar-refractivity contribution < 1.29 is 19.1 Å². The van der Waals surface area contributed by atoms with Gasteiger partial charge >= 0.3 is 5.97 Å². The molecular weight excluding hydrogens is 246 g/mol. The molecule has 0 aliphatic heterocycles. The van der Waals surface area contributed by atoms with Crippen molar-refractivity contribution in [1.82, 2.24) is 0 Å². The molecular formula is C14H19NO4. The molecule has 0 N–H and O–H groups in total. The number of oxime groups is 1. The summed E-state index contributed by atoms with van der Waals surface area (Å²) in [4.78, 5) is 16.1. The lowest BCUT2D eigenvalue weighted by Crippen LogP contribution is -2.17. The van der Waals surface area contributed by atoms with Gasteiger partial charge in [-0.05, 0) is 43.7 Å². The molecule has 1 rings (SSSR count). The van der Waals surface area contributed by atoms with Crippen LogP contribution in [0.1, 0.15) is 19.4 Å². The Balaban J connectivity index is 2.38. The fourth-order valence-corrected chi connectivity index (χ4v) is 1.34. The number of methoxy groups -OCH3 is 1. The van der Waals surface area contributed by atoms with Gasteiger partial charge in [0.25, 0.3) is 0 Å². The summed E-state index contributed by atoms with van der Waals surface area (Å²) in [6.07, 6.45) is 1.58. The summed E-state index contributed by atoms with van der Waals surface area (Å²) in [7, 11) is 1.35. The first-order valence-electron chi connectivity index (χ1n) is 6.13. The fraction of sp³-hybridized carbons (Fsp3) is 0.429. The van der Waals surface area contributed by atoms with Gasteiger partial charge in [0, 0.05) is 0 Å². The number of rotatable bonds is 7. The highest BCUT2D eigenvalue weighted by molar-refractivity contribution is 5.79. The largest absolute Gasteiger partial charge is 0.494 e. The molecule has 0 bridgehead atoms. The number of ether oxygens (including phenoxy) is 2. The van der Waals surface area contributed by atoms with E-state index in [4.69, 9.17) is 9.57 Å². The molecule has 0 fully saturated rings. The summed E-state index contributed by atoms with van der Waals surface area (Å²) in [5, 5.41) is 3.80. The molecule has 0 aromatic heterocycles. The van der Waals surface area contributed by atoms with Crippen molar-refractivity contribution in [1.29, 1.82) is 0 Å². The quantitative estimate of drug-likeness (QED) is 0.431. The Labute approximate surface area is 113 Å². The summed E-state index contributed by atoms with van der Waals surface area (Å²) in [6, 6.07) is 7.48. The molecule has 19 heavy (non-hydrogen) atoms. The van der Waals surface area contributed by atoms with E-state index in [0.29, 0.717) is 6.61 Å². The molecule has 0 radical (unpaired) electrons. The van der Waals surface area contributed by atoms with E-state index in [1.807, 2.05) is 31.2 Å². The van der Waals surface area contributed by atoms with Crippen LogP contribution in [0, 0.1) is 5.92 Å². The van der Waals surface area contributed by atoms with E-state index in [1.54, 1.807) is 13.1 Å². The van der Waals surface area contributed by atoms with Crippen LogP contribution in [0.4, 0.5) is 0 Å². The molecule has 5 nitrogen and oxygen atoms in total. The Morgan fingerprint density at radius 2 is 2.05 bits per heavy atom. The normalized spacial score (nSPS) is 12.2. The van der Waals surface area contributed by atoms with Gasteiger partial charge in [-0.25, -0.2) is 0 Å². The number of carbonyl (C=O) groups excluding carboxylic acids is 1. The zero-order chi connectivity index (χ0) is 14.1. The highest BCUT2D eigenvalue weighted by atomic mass is 16.6. The van der Waals surface area contributed by atoms with Crippen molar-refractivity contribution in [2.75, 3.05) is 20.3 Å². The highest BCUT2D eigenvalue weighted by Crippen LogP contribution is 2.10. The molecule has 0 heterocycles. The van der Waals surface area contributed by atoms with E-state index in [9.17, 15) is 4.79 Å². The van der Waals surface area contributed by atoms with Crippen LogP contribution in [-0.2, 0) is 14.4 Å². The number of hydrogen-bond donors (Lipinski definition) is 0. The number of carbonyl (C=O) groups is 1. The molecule has 5 heteroatoms. The van der Waals surface area contributed by atoms with Crippen molar-refractivity contribution in [3.05, 3.63) is 29.8 Å². The minimum absolute atomic E-state index is 0.195. The molecule has 0 unspecified atom stereocenters. The number of hydrogen-bond acceptors (Lipinski definition) is 5. The Bertz CT molecular complexity index is 414. The predicted octanol–water partition coefficient (Wildman–Crippen LogP) is 2.24. The van der Waals surface area contributed by atoms with Crippen LogP contribution in [0.5, 0.6) is 5.75 Å². The lowest BCUT2D eigenvalue weighted by atomic mass is 10.2. The minimum atomic E-state index is -0.331. The van der Waals surface area contributed by atoms with Crippen LogP contribution in [0.2, 0.25) is 0 Å². The smallest absolute Gasteiger partial charge is 0.311 e. The molecule has 0 amide bonds. The van der Waals surface area contributed by atoms with Crippen molar-refractivity contribution in [3.63, 3.8) is 0 Å². The van der Waals surface area contributed by atoms with E-state index < -0.39 is 0 Å². The maximum Gasteiger partial charge on any atom is 0.311 e. The first-order valence-corrected chi connectivity index (χ1v) is 6.13. The summed E-state index contributed by atoms with van der Waals surface area (Å²) in [5.74, 6) is 0.179. The number of nitrogens with zero attached hydrogens (tertiary/aromatic N) is 1. The Morgan fingerprint density at radius 3 is 2.63 bits per heavy atom. The molecule has 1 atom stereocenters. The Hall–Kier alpha value is -2.04. The summed E-state index contributed by atoms with van der Waals surface area (Å²) in [6.45, 7) is 4.49.